The minimum atomic E-state index is -0.382. The summed E-state index contributed by atoms with van der Waals surface area (Å²) in [5.74, 6) is 1.18. The third-order valence-electron chi connectivity index (χ3n) is 10.5. The van der Waals surface area contributed by atoms with E-state index in [2.05, 4.69) is 34.6 Å². The number of rotatable bonds is 10. The van der Waals surface area contributed by atoms with Crippen LogP contribution in [0, 0.1) is 46.3 Å². The molecule has 0 saturated heterocycles. The second-order valence-electron chi connectivity index (χ2n) is 13.2. The summed E-state index contributed by atoms with van der Waals surface area (Å²) in [6.45, 7) is 14.0. The molecule has 0 aromatic carbocycles. The molecule has 3 aliphatic rings. The zero-order valence-electron chi connectivity index (χ0n) is 24.3. The minimum absolute atomic E-state index is 0.0307. The highest BCUT2D eigenvalue weighted by molar-refractivity contribution is 5.88. The number of ether oxygens (including phenoxy) is 2. The molecule has 0 bridgehead atoms. The van der Waals surface area contributed by atoms with Crippen molar-refractivity contribution in [2.45, 2.75) is 119 Å². The maximum Gasteiger partial charge on any atom is 0.302 e. The second-order valence-corrected chi connectivity index (χ2v) is 13.2. The van der Waals surface area contributed by atoms with E-state index in [-0.39, 0.29) is 58.5 Å². The smallest absolute Gasteiger partial charge is 0.302 e. The lowest BCUT2D eigenvalue weighted by atomic mass is 9.52. The molecule has 0 spiro atoms. The summed E-state index contributed by atoms with van der Waals surface area (Å²) >= 11 is 0. The third-order valence-corrected chi connectivity index (χ3v) is 10.5. The SMILES string of the molecule is CC(=O)OCC[C@]1(C)[C@@H]([C@H](C)C(=O)CCC(C)C)CC[C@H]1[C@@H]1CC[C@H]2C[C@@H](OC(C)=O)CC[C@]2(C)C1=O. The van der Waals surface area contributed by atoms with Crippen LogP contribution in [-0.2, 0) is 28.7 Å². The zero-order valence-corrected chi connectivity index (χ0v) is 24.3. The van der Waals surface area contributed by atoms with Gasteiger partial charge in [-0.25, -0.2) is 0 Å². The van der Waals surface area contributed by atoms with E-state index in [9.17, 15) is 19.2 Å². The molecule has 0 radical (unpaired) electrons. The van der Waals surface area contributed by atoms with Gasteiger partial charge < -0.3 is 9.47 Å². The van der Waals surface area contributed by atoms with Gasteiger partial charge in [0.2, 0.25) is 0 Å². The van der Waals surface area contributed by atoms with Crippen LogP contribution < -0.4 is 0 Å². The summed E-state index contributed by atoms with van der Waals surface area (Å²) in [6.07, 6.45) is 8.07. The molecule has 0 unspecified atom stereocenters. The van der Waals surface area contributed by atoms with Gasteiger partial charge in [-0.2, -0.15) is 0 Å². The van der Waals surface area contributed by atoms with Crippen molar-refractivity contribution in [3.8, 4) is 0 Å². The lowest BCUT2D eigenvalue weighted by Crippen LogP contribution is -2.52. The monoisotopic (exact) mass is 518 g/mol. The van der Waals surface area contributed by atoms with Crippen LogP contribution in [0.2, 0.25) is 0 Å². The Bertz CT molecular complexity index is 864. The van der Waals surface area contributed by atoms with Crippen molar-refractivity contribution in [2.75, 3.05) is 6.61 Å². The molecule has 6 heteroatoms. The van der Waals surface area contributed by atoms with Crippen molar-refractivity contribution in [1.82, 2.24) is 0 Å². The summed E-state index contributed by atoms with van der Waals surface area (Å²) in [5, 5.41) is 0. The number of fused-ring (bicyclic) bond motifs is 1. The number of hydrogen-bond donors (Lipinski definition) is 0. The Kier molecular flexibility index (Phi) is 9.66. The molecule has 210 valence electrons. The predicted molar refractivity (Wildman–Crippen MR) is 143 cm³/mol. The van der Waals surface area contributed by atoms with Gasteiger partial charge in [0.05, 0.1) is 6.61 Å². The first kappa shape index (κ1) is 29.8. The maximum atomic E-state index is 14.2. The lowest BCUT2D eigenvalue weighted by Gasteiger charge is -2.51. The quantitative estimate of drug-likeness (QED) is 0.314. The Morgan fingerprint density at radius 1 is 0.973 bits per heavy atom. The average molecular weight is 519 g/mol. The number of ketones is 2. The Balaban J connectivity index is 1.81. The molecule has 0 aliphatic heterocycles. The fourth-order valence-corrected chi connectivity index (χ4v) is 8.23. The van der Waals surface area contributed by atoms with Crippen molar-refractivity contribution >= 4 is 23.5 Å². The highest BCUT2D eigenvalue weighted by Gasteiger charge is 2.58. The van der Waals surface area contributed by atoms with Crippen LogP contribution >= 0.6 is 0 Å². The number of carbonyl (C=O) groups is 4. The molecule has 0 aromatic rings. The molecule has 8 atom stereocenters. The Morgan fingerprint density at radius 3 is 2.30 bits per heavy atom. The fourth-order valence-electron chi connectivity index (χ4n) is 8.23. The molecular weight excluding hydrogens is 468 g/mol. The Labute approximate surface area is 224 Å². The second kappa shape index (κ2) is 12.0. The van der Waals surface area contributed by atoms with E-state index in [1.165, 1.54) is 13.8 Å². The first-order chi connectivity index (χ1) is 17.3. The standard InChI is InChI=1S/C31H50O6/c1-19(2)8-13-28(34)20(3)26-11-12-27(31(26,7)16-17-36-21(4)32)25-10-9-23-18-24(37-22(5)33)14-15-30(23,6)29(25)35/h19-20,23-27H,8-18H2,1-7H3/t20-,23-,24-,25-,26+,27-,30-,31+/m0/s1. The molecule has 3 fully saturated rings. The Hall–Kier alpha value is -1.72. The Morgan fingerprint density at radius 2 is 1.68 bits per heavy atom. The van der Waals surface area contributed by atoms with Gasteiger partial charge in [0.1, 0.15) is 17.7 Å². The first-order valence-electron chi connectivity index (χ1n) is 14.7. The van der Waals surface area contributed by atoms with Crippen LogP contribution in [0.1, 0.15) is 113 Å². The summed E-state index contributed by atoms with van der Waals surface area (Å²) in [7, 11) is 0. The molecule has 3 rings (SSSR count). The minimum Gasteiger partial charge on any atom is -0.466 e. The topological polar surface area (TPSA) is 86.7 Å². The fraction of sp³-hybridized carbons (Fsp3) is 0.871. The van der Waals surface area contributed by atoms with Crippen LogP contribution in [0.5, 0.6) is 0 Å². The van der Waals surface area contributed by atoms with Gasteiger partial charge in [-0.05, 0) is 86.9 Å². The molecular formula is C31H50O6. The zero-order chi connectivity index (χ0) is 27.5. The van der Waals surface area contributed by atoms with Gasteiger partial charge in [-0.15, -0.1) is 0 Å². The van der Waals surface area contributed by atoms with Crippen molar-refractivity contribution in [3.63, 3.8) is 0 Å². The van der Waals surface area contributed by atoms with E-state index in [0.717, 1.165) is 51.4 Å². The summed E-state index contributed by atoms with van der Waals surface area (Å²) in [5.41, 5.74) is -0.617. The van der Waals surface area contributed by atoms with E-state index in [4.69, 9.17) is 9.47 Å². The molecule has 3 aliphatic carbocycles. The van der Waals surface area contributed by atoms with Gasteiger partial charge in [0.15, 0.2) is 0 Å². The normalized spacial score (nSPS) is 36.6. The van der Waals surface area contributed by atoms with Crippen LogP contribution in [0.15, 0.2) is 0 Å². The highest BCUT2D eigenvalue weighted by Crippen LogP contribution is 2.60. The first-order valence-corrected chi connectivity index (χ1v) is 14.7. The summed E-state index contributed by atoms with van der Waals surface area (Å²) in [6, 6.07) is 0. The maximum absolute atomic E-state index is 14.2. The van der Waals surface area contributed by atoms with Crippen molar-refractivity contribution in [3.05, 3.63) is 0 Å². The number of carbonyl (C=O) groups excluding carboxylic acids is 4. The van der Waals surface area contributed by atoms with Gasteiger partial charge in [-0.1, -0.05) is 34.6 Å². The molecule has 0 N–H and O–H groups in total. The van der Waals surface area contributed by atoms with E-state index < -0.39 is 0 Å². The largest absolute Gasteiger partial charge is 0.466 e. The summed E-state index contributed by atoms with van der Waals surface area (Å²) in [4.78, 5) is 50.5. The van der Waals surface area contributed by atoms with Crippen LogP contribution in [-0.4, -0.2) is 36.2 Å². The average Bonchev–Trinajstić information content (AvgIpc) is 3.14. The molecule has 3 saturated carbocycles. The number of esters is 2. The van der Waals surface area contributed by atoms with Gasteiger partial charge in [-0.3, -0.25) is 19.2 Å². The van der Waals surface area contributed by atoms with Crippen LogP contribution in [0.4, 0.5) is 0 Å². The van der Waals surface area contributed by atoms with E-state index in [1.807, 2.05) is 0 Å². The molecule has 6 nitrogen and oxygen atoms in total. The lowest BCUT2D eigenvalue weighted by molar-refractivity contribution is -0.159. The highest BCUT2D eigenvalue weighted by atomic mass is 16.5. The molecule has 37 heavy (non-hydrogen) atoms. The van der Waals surface area contributed by atoms with E-state index in [1.54, 1.807) is 0 Å². The number of Topliss-reactive ketones (excluding diaryl/α,β-unsaturated/α-hetero) is 2. The molecule has 0 heterocycles. The van der Waals surface area contributed by atoms with E-state index in [0.29, 0.717) is 36.9 Å². The predicted octanol–water partition coefficient (Wildman–Crippen LogP) is 6.33. The summed E-state index contributed by atoms with van der Waals surface area (Å²) < 4.78 is 10.9. The van der Waals surface area contributed by atoms with E-state index >= 15 is 0 Å². The van der Waals surface area contributed by atoms with Crippen LogP contribution in [0.25, 0.3) is 0 Å². The van der Waals surface area contributed by atoms with Gasteiger partial charge in [0.25, 0.3) is 0 Å². The number of hydrogen-bond acceptors (Lipinski definition) is 6. The van der Waals surface area contributed by atoms with Gasteiger partial charge in [0, 0.05) is 37.5 Å². The molecule has 0 amide bonds. The van der Waals surface area contributed by atoms with Crippen molar-refractivity contribution < 1.29 is 28.7 Å². The van der Waals surface area contributed by atoms with Crippen molar-refractivity contribution in [2.24, 2.45) is 46.3 Å². The molecule has 0 aromatic heterocycles. The van der Waals surface area contributed by atoms with Crippen LogP contribution in [0.3, 0.4) is 0 Å². The van der Waals surface area contributed by atoms with Crippen molar-refractivity contribution in [1.29, 1.82) is 0 Å². The third kappa shape index (κ3) is 6.47. The van der Waals surface area contributed by atoms with Gasteiger partial charge >= 0.3 is 11.9 Å².